The molecule has 0 unspecified atom stereocenters. The third-order valence-electron chi connectivity index (χ3n) is 4.81. The van der Waals surface area contributed by atoms with E-state index in [2.05, 4.69) is 28.1 Å². The summed E-state index contributed by atoms with van der Waals surface area (Å²) >= 11 is 1.69. The highest BCUT2D eigenvalue weighted by molar-refractivity contribution is 7.12. The van der Waals surface area contributed by atoms with E-state index < -0.39 is 0 Å². The van der Waals surface area contributed by atoms with Crippen molar-refractivity contribution in [2.45, 2.75) is 39.5 Å². The predicted molar refractivity (Wildman–Crippen MR) is 97.2 cm³/mol. The Morgan fingerprint density at radius 2 is 2.12 bits per heavy atom. The third-order valence-corrected chi connectivity index (χ3v) is 5.77. The second-order valence-corrected chi connectivity index (χ2v) is 8.17. The zero-order valence-electron chi connectivity index (χ0n) is 14.7. The first-order valence-corrected chi connectivity index (χ1v) is 9.38. The van der Waals surface area contributed by atoms with Crippen LogP contribution < -0.4 is 0 Å². The number of likely N-dealkylation sites (tertiary alicyclic amines) is 1. The lowest BCUT2D eigenvalue weighted by Crippen LogP contribution is -2.39. The highest BCUT2D eigenvalue weighted by Crippen LogP contribution is 2.29. The number of nitrogens with zero attached hydrogens (tertiary/aromatic N) is 5. The van der Waals surface area contributed by atoms with Gasteiger partial charge in [-0.3, -0.25) is 4.79 Å². The van der Waals surface area contributed by atoms with Gasteiger partial charge in [-0.2, -0.15) is 10.1 Å². The maximum Gasteiger partial charge on any atom is 0.254 e. The summed E-state index contributed by atoms with van der Waals surface area (Å²) in [6.45, 7) is 7.58. The monoisotopic (exact) mass is 355 g/mol. The van der Waals surface area contributed by atoms with Gasteiger partial charge in [0.15, 0.2) is 0 Å². The van der Waals surface area contributed by atoms with Gasteiger partial charge in [-0.05, 0) is 45.7 Å². The summed E-state index contributed by atoms with van der Waals surface area (Å²) in [4.78, 5) is 25.9. The minimum atomic E-state index is 0.146. The molecule has 1 aliphatic rings. The quantitative estimate of drug-likeness (QED) is 0.708. The standard InChI is InChI=1S/C18H21N5OS/c1-11-7-16(23-18(21-11)19-10-20-23)14-5-4-6-22(9-14)17(24)15-8-12(2)25-13(15)3/h7-8,10,14H,4-6,9H2,1-3H3/t14-/m0/s1. The smallest absolute Gasteiger partial charge is 0.254 e. The van der Waals surface area contributed by atoms with Gasteiger partial charge in [0, 0.05) is 34.5 Å². The second kappa shape index (κ2) is 6.22. The van der Waals surface area contributed by atoms with E-state index in [4.69, 9.17) is 0 Å². The molecule has 0 radical (unpaired) electrons. The number of thiophene rings is 1. The molecule has 0 aliphatic carbocycles. The molecule has 0 saturated carbocycles. The Kier molecular flexibility index (Phi) is 4.03. The molecule has 1 amide bonds. The van der Waals surface area contributed by atoms with Crippen LogP contribution in [-0.4, -0.2) is 43.5 Å². The van der Waals surface area contributed by atoms with Gasteiger partial charge in [0.1, 0.15) is 6.33 Å². The van der Waals surface area contributed by atoms with Crippen LogP contribution in [0.4, 0.5) is 0 Å². The van der Waals surface area contributed by atoms with Crippen molar-refractivity contribution < 1.29 is 4.79 Å². The minimum Gasteiger partial charge on any atom is -0.338 e. The van der Waals surface area contributed by atoms with Gasteiger partial charge in [-0.25, -0.2) is 9.50 Å². The number of aryl methyl sites for hydroxylation is 3. The van der Waals surface area contributed by atoms with Crippen molar-refractivity contribution in [1.29, 1.82) is 0 Å². The van der Waals surface area contributed by atoms with E-state index in [-0.39, 0.29) is 11.8 Å². The topological polar surface area (TPSA) is 63.4 Å². The van der Waals surface area contributed by atoms with Crippen LogP contribution in [0.2, 0.25) is 0 Å². The van der Waals surface area contributed by atoms with Gasteiger partial charge in [0.05, 0.1) is 11.3 Å². The summed E-state index contributed by atoms with van der Waals surface area (Å²) in [5, 5.41) is 4.32. The van der Waals surface area contributed by atoms with Crippen molar-refractivity contribution in [3.63, 3.8) is 0 Å². The summed E-state index contributed by atoms with van der Waals surface area (Å²) in [6, 6.07) is 4.08. The molecule has 3 aromatic heterocycles. The highest BCUT2D eigenvalue weighted by Gasteiger charge is 2.28. The first-order valence-electron chi connectivity index (χ1n) is 8.56. The van der Waals surface area contributed by atoms with Crippen molar-refractivity contribution >= 4 is 23.0 Å². The molecule has 1 atom stereocenters. The summed E-state index contributed by atoms with van der Waals surface area (Å²) in [7, 11) is 0. The van der Waals surface area contributed by atoms with Crippen LogP contribution in [-0.2, 0) is 0 Å². The van der Waals surface area contributed by atoms with Crippen molar-refractivity contribution in [2.24, 2.45) is 0 Å². The number of piperidine rings is 1. The maximum absolute atomic E-state index is 13.0. The van der Waals surface area contributed by atoms with Gasteiger partial charge in [-0.15, -0.1) is 11.3 Å². The maximum atomic E-state index is 13.0. The predicted octanol–water partition coefficient (Wildman–Crippen LogP) is 3.13. The molecule has 0 spiro atoms. The molecule has 3 aromatic rings. The van der Waals surface area contributed by atoms with Gasteiger partial charge in [-0.1, -0.05) is 0 Å². The number of carbonyl (C=O) groups excluding carboxylic acids is 1. The van der Waals surface area contributed by atoms with Crippen LogP contribution in [0.3, 0.4) is 0 Å². The molecule has 1 saturated heterocycles. The molecule has 0 aromatic carbocycles. The number of fused-ring (bicyclic) bond motifs is 1. The van der Waals surface area contributed by atoms with Crippen LogP contribution in [0, 0.1) is 20.8 Å². The van der Waals surface area contributed by atoms with Crippen molar-refractivity contribution in [3.8, 4) is 0 Å². The lowest BCUT2D eigenvalue weighted by molar-refractivity contribution is 0.0705. The van der Waals surface area contributed by atoms with Crippen LogP contribution in [0.1, 0.15) is 50.3 Å². The Morgan fingerprint density at radius 1 is 1.28 bits per heavy atom. The Bertz CT molecular complexity index is 944. The third kappa shape index (κ3) is 2.93. The van der Waals surface area contributed by atoms with Crippen molar-refractivity contribution in [1.82, 2.24) is 24.5 Å². The zero-order chi connectivity index (χ0) is 17.6. The fraction of sp³-hybridized carbons (Fsp3) is 0.444. The fourth-order valence-corrected chi connectivity index (χ4v) is 4.58. The molecular formula is C18H21N5OS. The van der Waals surface area contributed by atoms with E-state index in [1.807, 2.05) is 29.3 Å². The Hall–Kier alpha value is -2.28. The Balaban J connectivity index is 1.63. The molecular weight excluding hydrogens is 334 g/mol. The Morgan fingerprint density at radius 3 is 2.88 bits per heavy atom. The molecule has 1 aliphatic heterocycles. The number of amides is 1. The van der Waals surface area contributed by atoms with Crippen LogP contribution in [0.5, 0.6) is 0 Å². The first-order chi connectivity index (χ1) is 12.0. The molecule has 4 heterocycles. The average Bonchev–Trinajstić information content (AvgIpc) is 3.19. The van der Waals surface area contributed by atoms with E-state index in [0.717, 1.165) is 41.2 Å². The number of hydrogen-bond acceptors (Lipinski definition) is 5. The van der Waals surface area contributed by atoms with Crippen LogP contribution >= 0.6 is 11.3 Å². The molecule has 0 N–H and O–H groups in total. The zero-order valence-corrected chi connectivity index (χ0v) is 15.5. The van der Waals surface area contributed by atoms with E-state index in [0.29, 0.717) is 12.3 Å². The lowest BCUT2D eigenvalue weighted by Gasteiger charge is -2.33. The van der Waals surface area contributed by atoms with E-state index >= 15 is 0 Å². The lowest BCUT2D eigenvalue weighted by atomic mass is 9.93. The fourth-order valence-electron chi connectivity index (χ4n) is 3.67. The number of rotatable bonds is 2. The summed E-state index contributed by atoms with van der Waals surface area (Å²) in [5.74, 6) is 1.03. The van der Waals surface area contributed by atoms with E-state index in [9.17, 15) is 4.79 Å². The molecule has 25 heavy (non-hydrogen) atoms. The van der Waals surface area contributed by atoms with Crippen LogP contribution in [0.25, 0.3) is 5.78 Å². The molecule has 1 fully saturated rings. The van der Waals surface area contributed by atoms with Gasteiger partial charge >= 0.3 is 0 Å². The van der Waals surface area contributed by atoms with Crippen molar-refractivity contribution in [3.05, 3.63) is 45.2 Å². The minimum absolute atomic E-state index is 0.146. The number of carbonyl (C=O) groups is 1. The molecule has 4 rings (SSSR count). The summed E-state index contributed by atoms with van der Waals surface area (Å²) < 4.78 is 1.81. The highest BCUT2D eigenvalue weighted by atomic mass is 32.1. The average molecular weight is 355 g/mol. The molecule has 7 heteroatoms. The van der Waals surface area contributed by atoms with E-state index in [1.165, 1.54) is 11.2 Å². The largest absolute Gasteiger partial charge is 0.338 e. The summed E-state index contributed by atoms with van der Waals surface area (Å²) in [6.07, 6.45) is 3.58. The van der Waals surface area contributed by atoms with Crippen molar-refractivity contribution in [2.75, 3.05) is 13.1 Å². The second-order valence-electron chi connectivity index (χ2n) is 6.71. The van der Waals surface area contributed by atoms with E-state index in [1.54, 1.807) is 11.3 Å². The van der Waals surface area contributed by atoms with Crippen LogP contribution in [0.15, 0.2) is 18.5 Å². The molecule has 6 nitrogen and oxygen atoms in total. The van der Waals surface area contributed by atoms with Gasteiger partial charge in [0.25, 0.3) is 11.7 Å². The number of hydrogen-bond donors (Lipinski definition) is 0. The van der Waals surface area contributed by atoms with Gasteiger partial charge in [0.2, 0.25) is 0 Å². The number of aromatic nitrogens is 4. The molecule has 0 bridgehead atoms. The van der Waals surface area contributed by atoms with Gasteiger partial charge < -0.3 is 4.90 Å². The Labute approximate surface area is 150 Å². The summed E-state index contributed by atoms with van der Waals surface area (Å²) in [5.41, 5.74) is 2.87. The normalized spacial score (nSPS) is 18.0. The first kappa shape index (κ1) is 16.2. The molecule has 130 valence electrons. The SMILES string of the molecule is Cc1cc([C@H]2CCCN(C(=O)c3cc(C)sc3C)C2)n2ncnc2n1.